The first kappa shape index (κ1) is 30.4. The lowest BCUT2D eigenvalue weighted by molar-refractivity contribution is -0.146. The zero-order valence-electron chi connectivity index (χ0n) is 23.1. The number of unbranched alkanes of at least 4 members (excludes halogenated alkanes) is 1. The van der Waals surface area contributed by atoms with Crippen LogP contribution in [0.4, 0.5) is 0 Å². The van der Waals surface area contributed by atoms with E-state index >= 15 is 0 Å². The highest BCUT2D eigenvalue weighted by Crippen LogP contribution is 2.34. The van der Waals surface area contributed by atoms with Gasteiger partial charge in [0.2, 0.25) is 11.8 Å². The largest absolute Gasteiger partial charge is 0.481 e. The number of hydrogen-bond acceptors (Lipinski definition) is 7. The second-order valence-corrected chi connectivity index (χ2v) is 12.2. The van der Waals surface area contributed by atoms with E-state index in [-0.39, 0.29) is 56.4 Å². The van der Waals surface area contributed by atoms with Crippen molar-refractivity contribution in [1.82, 2.24) is 15.2 Å². The molecule has 39 heavy (non-hydrogen) atoms. The van der Waals surface area contributed by atoms with Gasteiger partial charge in [-0.05, 0) is 36.3 Å². The molecule has 3 rings (SSSR count). The summed E-state index contributed by atoms with van der Waals surface area (Å²) in [6.07, 6.45) is 0.411. The predicted octanol–water partition coefficient (Wildman–Crippen LogP) is 3.96. The Hall–Kier alpha value is -3.11. The number of carboxylic acids is 1. The number of nitrogens with one attached hydrogen (secondary N) is 1. The number of amides is 2. The van der Waals surface area contributed by atoms with Crippen molar-refractivity contribution in [2.24, 2.45) is 11.3 Å². The highest BCUT2D eigenvalue weighted by molar-refractivity contribution is 7.13. The Balaban J connectivity index is 1.62. The minimum atomic E-state index is -0.898. The lowest BCUT2D eigenvalue weighted by Gasteiger charge is -2.34. The topological polar surface area (TPSA) is 137 Å². The van der Waals surface area contributed by atoms with Crippen LogP contribution in [0, 0.1) is 18.3 Å². The molecule has 2 aromatic rings. The van der Waals surface area contributed by atoms with Gasteiger partial charge in [-0.25, -0.2) is 4.98 Å². The molecule has 0 radical (unpaired) electrons. The summed E-state index contributed by atoms with van der Waals surface area (Å²) >= 11 is 1.58. The number of carboxylic acid groups (broad SMARTS) is 1. The third kappa shape index (κ3) is 8.44. The molecule has 0 aliphatic carbocycles. The van der Waals surface area contributed by atoms with Crippen LogP contribution in [0.2, 0.25) is 0 Å². The molecule has 0 spiro atoms. The van der Waals surface area contributed by atoms with E-state index in [0.717, 1.165) is 21.7 Å². The molecule has 0 bridgehead atoms. The Kier molecular flexibility index (Phi) is 10.4. The van der Waals surface area contributed by atoms with Gasteiger partial charge >= 0.3 is 5.97 Å². The van der Waals surface area contributed by atoms with Crippen molar-refractivity contribution in [2.45, 2.75) is 84.9 Å². The van der Waals surface area contributed by atoms with Gasteiger partial charge in [0.1, 0.15) is 11.8 Å². The number of benzene rings is 1. The van der Waals surface area contributed by atoms with Crippen molar-refractivity contribution in [2.75, 3.05) is 6.54 Å². The lowest BCUT2D eigenvalue weighted by Crippen LogP contribution is -2.50. The third-order valence-electron chi connectivity index (χ3n) is 7.16. The maximum atomic E-state index is 13.7. The van der Waals surface area contributed by atoms with Gasteiger partial charge in [0, 0.05) is 44.7 Å². The lowest BCUT2D eigenvalue weighted by atomic mass is 9.76. The molecule has 0 saturated carbocycles. The van der Waals surface area contributed by atoms with Crippen molar-refractivity contribution in [1.29, 1.82) is 0 Å². The molecule has 1 aromatic heterocycles. The van der Waals surface area contributed by atoms with E-state index in [0.29, 0.717) is 12.8 Å². The van der Waals surface area contributed by atoms with Crippen molar-refractivity contribution in [3.8, 4) is 10.4 Å². The average Bonchev–Trinajstić information content (AvgIpc) is 3.48. The molecule has 2 amide bonds. The number of carbonyl (C=O) groups is 4. The summed E-state index contributed by atoms with van der Waals surface area (Å²) < 4.78 is 0. The summed E-state index contributed by atoms with van der Waals surface area (Å²) in [6.45, 7) is 7.93. The number of nitrogens with zero attached hydrogens (tertiary/aromatic N) is 2. The number of β-amino-alcohol motifs (C(OH)–C–C–N with tert-alkyl or cyclic N) is 1. The number of Topliss-reactive ketones (excluding diaryl/α,β-unsaturated/α-hetero) is 1. The second-order valence-electron chi connectivity index (χ2n) is 11.3. The molecular formula is C29H39N3O6S. The number of likely N-dealkylation sites (tertiary alicyclic amines) is 1. The van der Waals surface area contributed by atoms with E-state index < -0.39 is 29.4 Å². The van der Waals surface area contributed by atoms with Crippen molar-refractivity contribution < 1.29 is 29.4 Å². The van der Waals surface area contributed by atoms with Gasteiger partial charge in [-0.3, -0.25) is 19.2 Å². The van der Waals surface area contributed by atoms with E-state index in [9.17, 15) is 24.3 Å². The first-order valence-corrected chi connectivity index (χ1v) is 14.2. The number of thiazole rings is 1. The van der Waals surface area contributed by atoms with Crippen LogP contribution in [0.25, 0.3) is 10.4 Å². The summed E-state index contributed by atoms with van der Waals surface area (Å²) in [5.74, 6) is -2.32. The Morgan fingerprint density at radius 2 is 1.79 bits per heavy atom. The molecule has 1 aliphatic heterocycles. The van der Waals surface area contributed by atoms with Crippen molar-refractivity contribution in [3.05, 3.63) is 41.0 Å². The molecule has 9 nitrogen and oxygen atoms in total. The molecular weight excluding hydrogens is 518 g/mol. The van der Waals surface area contributed by atoms with Gasteiger partial charge in [-0.1, -0.05) is 45.0 Å². The maximum Gasteiger partial charge on any atom is 0.303 e. The minimum absolute atomic E-state index is 0.00724. The van der Waals surface area contributed by atoms with Gasteiger partial charge in [-0.15, -0.1) is 11.3 Å². The zero-order chi connectivity index (χ0) is 28.7. The van der Waals surface area contributed by atoms with Crippen LogP contribution in [0.15, 0.2) is 29.8 Å². The average molecular weight is 558 g/mol. The molecule has 2 heterocycles. The fourth-order valence-electron chi connectivity index (χ4n) is 4.86. The number of aromatic nitrogens is 1. The van der Waals surface area contributed by atoms with E-state index in [1.807, 2.05) is 57.5 Å². The maximum absolute atomic E-state index is 13.7. The summed E-state index contributed by atoms with van der Waals surface area (Å²) in [5.41, 5.74) is 4.21. The molecule has 1 unspecified atom stereocenters. The first-order chi connectivity index (χ1) is 18.4. The summed E-state index contributed by atoms with van der Waals surface area (Å²) in [7, 11) is 0. The summed E-state index contributed by atoms with van der Waals surface area (Å²) in [6, 6.07) is 7.05. The fraction of sp³-hybridized carbons (Fsp3) is 0.552. The van der Waals surface area contributed by atoms with Gasteiger partial charge in [0.25, 0.3) is 0 Å². The Labute approximate surface area is 233 Å². The highest BCUT2D eigenvalue weighted by atomic mass is 32.1. The number of aliphatic hydroxyl groups excluding tert-OH is 1. The third-order valence-corrected chi connectivity index (χ3v) is 8.14. The summed E-state index contributed by atoms with van der Waals surface area (Å²) in [4.78, 5) is 57.0. The predicted molar refractivity (Wildman–Crippen MR) is 149 cm³/mol. The normalized spacial score (nSPS) is 18.1. The van der Waals surface area contributed by atoms with Crippen molar-refractivity contribution >= 4 is 34.9 Å². The molecule has 1 fully saturated rings. The van der Waals surface area contributed by atoms with Crippen LogP contribution in [0.3, 0.4) is 0 Å². The molecule has 3 N–H and O–H groups in total. The first-order valence-electron chi connectivity index (χ1n) is 13.4. The van der Waals surface area contributed by atoms with Gasteiger partial charge in [0.15, 0.2) is 0 Å². The highest BCUT2D eigenvalue weighted by Gasteiger charge is 2.44. The van der Waals surface area contributed by atoms with Crippen LogP contribution < -0.4 is 5.32 Å². The fourth-order valence-corrected chi connectivity index (χ4v) is 5.67. The monoisotopic (exact) mass is 557 g/mol. The van der Waals surface area contributed by atoms with Gasteiger partial charge in [0.05, 0.1) is 22.2 Å². The number of aryl methyl sites for hydroxylation is 1. The van der Waals surface area contributed by atoms with Gasteiger partial charge < -0.3 is 20.4 Å². The van der Waals surface area contributed by atoms with E-state index in [1.165, 1.54) is 4.90 Å². The van der Waals surface area contributed by atoms with Crippen LogP contribution in [-0.2, 0) is 25.7 Å². The molecule has 1 aromatic carbocycles. The number of ketones is 1. The number of rotatable bonds is 12. The van der Waals surface area contributed by atoms with Crippen LogP contribution >= 0.6 is 11.3 Å². The van der Waals surface area contributed by atoms with Crippen molar-refractivity contribution in [3.63, 3.8) is 0 Å². The van der Waals surface area contributed by atoms with E-state index in [2.05, 4.69) is 10.3 Å². The number of aliphatic hydroxyl groups is 1. The smallest absolute Gasteiger partial charge is 0.303 e. The second kappa shape index (κ2) is 13.3. The van der Waals surface area contributed by atoms with E-state index in [4.69, 9.17) is 5.11 Å². The SMILES string of the molecule is Cc1ncsc1-c1ccc(CNC(=O)C2C[C@@H](O)CN2C(=O)[C@@H](CC(=O)CCCCC(=O)O)C(C)(C)C)cc1. The Morgan fingerprint density at radius 1 is 1.13 bits per heavy atom. The molecule has 10 heteroatoms. The number of aliphatic carboxylic acids is 1. The Bertz CT molecular complexity index is 1170. The molecule has 212 valence electrons. The quantitative estimate of drug-likeness (QED) is 0.336. The standard InChI is InChI=1S/C29H39N3O6S/c1-18-26(39-17-31-18)20-11-9-19(10-12-20)15-30-27(37)24-14-22(34)16-32(24)28(38)23(29(2,3)4)13-21(33)7-5-6-8-25(35)36/h9-12,17,22-24,34H,5-8,13-16H2,1-4H3,(H,30,37)(H,35,36)/t22-,23-,24?/m1/s1. The van der Waals surface area contributed by atoms with Crippen LogP contribution in [-0.4, -0.2) is 62.4 Å². The van der Waals surface area contributed by atoms with E-state index in [1.54, 1.807) is 11.3 Å². The molecule has 1 saturated heterocycles. The zero-order valence-corrected chi connectivity index (χ0v) is 23.9. The summed E-state index contributed by atoms with van der Waals surface area (Å²) in [5, 5.41) is 22.0. The Morgan fingerprint density at radius 3 is 2.38 bits per heavy atom. The molecule has 1 aliphatic rings. The van der Waals surface area contributed by atoms with Crippen LogP contribution in [0.5, 0.6) is 0 Å². The number of carbonyl (C=O) groups excluding carboxylic acids is 3. The minimum Gasteiger partial charge on any atom is -0.481 e. The van der Waals surface area contributed by atoms with Gasteiger partial charge in [-0.2, -0.15) is 0 Å². The number of hydrogen-bond donors (Lipinski definition) is 3. The van der Waals surface area contributed by atoms with Crippen LogP contribution in [0.1, 0.15) is 70.6 Å². The molecule has 3 atom stereocenters.